The van der Waals surface area contributed by atoms with Crippen molar-refractivity contribution < 1.29 is 9.53 Å². The minimum atomic E-state index is -0.259. The van der Waals surface area contributed by atoms with Crippen LogP contribution in [0, 0.1) is 0 Å². The standard InChI is InChI=1S/C15H19N5O2/c16-12-9-11(10-20-5-7-22-8-6-20)1-2-13(12)18-15(21)14-3-4-17-19-14/h1-4,9H,5-8,10,16H2,(H,17,19)(H,18,21). The average Bonchev–Trinajstić information content (AvgIpc) is 3.05. The molecule has 0 saturated carbocycles. The van der Waals surface area contributed by atoms with Gasteiger partial charge in [-0.05, 0) is 23.8 Å². The zero-order valence-electron chi connectivity index (χ0n) is 12.2. The Bertz CT molecular complexity index is 635. The maximum absolute atomic E-state index is 12.0. The molecule has 1 saturated heterocycles. The van der Waals surface area contributed by atoms with E-state index in [1.54, 1.807) is 6.07 Å². The van der Waals surface area contributed by atoms with E-state index in [1.165, 1.54) is 6.20 Å². The van der Waals surface area contributed by atoms with Gasteiger partial charge < -0.3 is 15.8 Å². The van der Waals surface area contributed by atoms with E-state index >= 15 is 0 Å². The third-order valence-corrected chi connectivity index (χ3v) is 3.62. The van der Waals surface area contributed by atoms with Gasteiger partial charge in [-0.2, -0.15) is 5.10 Å². The van der Waals surface area contributed by atoms with Crippen molar-refractivity contribution >= 4 is 17.3 Å². The van der Waals surface area contributed by atoms with E-state index in [4.69, 9.17) is 10.5 Å². The number of benzene rings is 1. The Morgan fingerprint density at radius 2 is 2.18 bits per heavy atom. The number of nitrogen functional groups attached to an aromatic ring is 1. The molecule has 0 radical (unpaired) electrons. The maximum Gasteiger partial charge on any atom is 0.273 e. The number of nitrogens with two attached hydrogens (primary N) is 1. The van der Waals surface area contributed by atoms with Gasteiger partial charge in [0.15, 0.2) is 0 Å². The minimum Gasteiger partial charge on any atom is -0.397 e. The van der Waals surface area contributed by atoms with Gasteiger partial charge in [0.25, 0.3) is 5.91 Å². The molecule has 1 aromatic heterocycles. The lowest BCUT2D eigenvalue weighted by molar-refractivity contribution is 0.0342. The van der Waals surface area contributed by atoms with Crippen LogP contribution in [0.1, 0.15) is 16.1 Å². The van der Waals surface area contributed by atoms with Gasteiger partial charge in [-0.3, -0.25) is 14.8 Å². The van der Waals surface area contributed by atoms with Crippen LogP contribution in [0.15, 0.2) is 30.5 Å². The summed E-state index contributed by atoms with van der Waals surface area (Å²) in [7, 11) is 0. The Balaban J connectivity index is 1.65. The molecular formula is C15H19N5O2. The van der Waals surface area contributed by atoms with E-state index < -0.39 is 0 Å². The fourth-order valence-electron chi connectivity index (χ4n) is 2.41. The van der Waals surface area contributed by atoms with Gasteiger partial charge in [-0.15, -0.1) is 0 Å². The fourth-order valence-corrected chi connectivity index (χ4v) is 2.41. The van der Waals surface area contributed by atoms with Crippen LogP contribution in [-0.4, -0.2) is 47.3 Å². The Morgan fingerprint density at radius 1 is 1.36 bits per heavy atom. The molecule has 1 aliphatic heterocycles. The third-order valence-electron chi connectivity index (χ3n) is 3.62. The van der Waals surface area contributed by atoms with E-state index in [0.29, 0.717) is 17.1 Å². The summed E-state index contributed by atoms with van der Waals surface area (Å²) in [6.45, 7) is 4.24. The molecule has 1 aliphatic rings. The highest BCUT2D eigenvalue weighted by Crippen LogP contribution is 2.21. The Hall–Kier alpha value is -2.38. The van der Waals surface area contributed by atoms with Crippen molar-refractivity contribution in [3.8, 4) is 0 Å². The molecule has 0 atom stereocenters. The predicted molar refractivity (Wildman–Crippen MR) is 83.5 cm³/mol. The van der Waals surface area contributed by atoms with Crippen molar-refractivity contribution in [2.45, 2.75) is 6.54 Å². The number of nitrogens with zero attached hydrogens (tertiary/aromatic N) is 2. The zero-order valence-corrected chi connectivity index (χ0v) is 12.2. The van der Waals surface area contributed by atoms with Crippen molar-refractivity contribution in [2.75, 3.05) is 37.4 Å². The van der Waals surface area contributed by atoms with E-state index in [-0.39, 0.29) is 5.91 Å². The molecule has 0 aliphatic carbocycles. The van der Waals surface area contributed by atoms with Crippen LogP contribution in [-0.2, 0) is 11.3 Å². The van der Waals surface area contributed by atoms with Gasteiger partial charge in [0, 0.05) is 25.8 Å². The Kier molecular flexibility index (Phi) is 4.36. The molecule has 1 aromatic carbocycles. The first kappa shape index (κ1) is 14.6. The maximum atomic E-state index is 12.0. The molecule has 1 fully saturated rings. The van der Waals surface area contributed by atoms with Crippen LogP contribution >= 0.6 is 0 Å². The summed E-state index contributed by atoms with van der Waals surface area (Å²) in [5.41, 5.74) is 8.72. The number of carbonyl (C=O) groups is 1. The molecule has 0 unspecified atom stereocenters. The number of carbonyl (C=O) groups excluding carboxylic acids is 1. The first-order valence-electron chi connectivity index (χ1n) is 7.21. The molecule has 0 bridgehead atoms. The van der Waals surface area contributed by atoms with Gasteiger partial charge in [0.1, 0.15) is 5.69 Å². The molecule has 7 nitrogen and oxygen atoms in total. The van der Waals surface area contributed by atoms with Crippen LogP contribution in [0.25, 0.3) is 0 Å². The molecule has 3 rings (SSSR count). The van der Waals surface area contributed by atoms with Crippen molar-refractivity contribution in [3.05, 3.63) is 41.7 Å². The highest BCUT2D eigenvalue weighted by atomic mass is 16.5. The molecule has 0 spiro atoms. The third kappa shape index (κ3) is 3.44. The van der Waals surface area contributed by atoms with Crippen LogP contribution < -0.4 is 11.1 Å². The first-order chi connectivity index (χ1) is 10.7. The molecule has 7 heteroatoms. The van der Waals surface area contributed by atoms with E-state index in [0.717, 1.165) is 38.4 Å². The SMILES string of the molecule is Nc1cc(CN2CCOCC2)ccc1NC(=O)c1ccn[nH]1. The van der Waals surface area contributed by atoms with Crippen LogP contribution in [0.3, 0.4) is 0 Å². The molecule has 116 valence electrons. The van der Waals surface area contributed by atoms with E-state index in [9.17, 15) is 4.79 Å². The number of ether oxygens (including phenoxy) is 1. The Labute approximate surface area is 128 Å². The second kappa shape index (κ2) is 6.59. The van der Waals surface area contributed by atoms with Gasteiger partial charge >= 0.3 is 0 Å². The largest absolute Gasteiger partial charge is 0.397 e. The molecular weight excluding hydrogens is 282 g/mol. The lowest BCUT2D eigenvalue weighted by atomic mass is 10.1. The van der Waals surface area contributed by atoms with Gasteiger partial charge in [-0.25, -0.2) is 0 Å². The first-order valence-corrected chi connectivity index (χ1v) is 7.21. The number of hydrogen-bond acceptors (Lipinski definition) is 5. The van der Waals surface area contributed by atoms with E-state index in [1.807, 2.05) is 18.2 Å². The fraction of sp³-hybridized carbons (Fsp3) is 0.333. The van der Waals surface area contributed by atoms with Gasteiger partial charge in [0.05, 0.1) is 24.6 Å². The molecule has 2 heterocycles. The monoisotopic (exact) mass is 301 g/mol. The highest BCUT2D eigenvalue weighted by molar-refractivity contribution is 6.04. The Morgan fingerprint density at radius 3 is 2.86 bits per heavy atom. The number of nitrogens with one attached hydrogen (secondary N) is 2. The second-order valence-corrected chi connectivity index (χ2v) is 5.23. The average molecular weight is 301 g/mol. The number of H-pyrrole nitrogens is 1. The number of morpholine rings is 1. The highest BCUT2D eigenvalue weighted by Gasteiger charge is 2.13. The number of aromatic amines is 1. The molecule has 22 heavy (non-hydrogen) atoms. The summed E-state index contributed by atoms with van der Waals surface area (Å²) >= 11 is 0. The van der Waals surface area contributed by atoms with Gasteiger partial charge in [-0.1, -0.05) is 6.07 Å². The van der Waals surface area contributed by atoms with Crippen LogP contribution in [0.2, 0.25) is 0 Å². The lowest BCUT2D eigenvalue weighted by Gasteiger charge is -2.26. The summed E-state index contributed by atoms with van der Waals surface area (Å²) < 4.78 is 5.34. The molecule has 2 aromatic rings. The number of amides is 1. The molecule has 1 amide bonds. The summed E-state index contributed by atoms with van der Waals surface area (Å²) in [4.78, 5) is 14.3. The summed E-state index contributed by atoms with van der Waals surface area (Å²) in [5, 5.41) is 9.15. The van der Waals surface area contributed by atoms with Crippen molar-refractivity contribution in [1.29, 1.82) is 0 Å². The van der Waals surface area contributed by atoms with Crippen molar-refractivity contribution in [3.63, 3.8) is 0 Å². The smallest absolute Gasteiger partial charge is 0.273 e. The topological polar surface area (TPSA) is 96.3 Å². The molecule has 4 N–H and O–H groups in total. The van der Waals surface area contributed by atoms with Crippen molar-refractivity contribution in [1.82, 2.24) is 15.1 Å². The summed E-state index contributed by atoms with van der Waals surface area (Å²) in [6, 6.07) is 7.32. The minimum absolute atomic E-state index is 0.259. The predicted octanol–water partition coefficient (Wildman–Crippen LogP) is 1.08. The van der Waals surface area contributed by atoms with Crippen LogP contribution in [0.4, 0.5) is 11.4 Å². The number of hydrogen-bond donors (Lipinski definition) is 3. The van der Waals surface area contributed by atoms with Crippen molar-refractivity contribution in [2.24, 2.45) is 0 Å². The second-order valence-electron chi connectivity index (χ2n) is 5.23. The normalized spacial score (nSPS) is 15.6. The lowest BCUT2D eigenvalue weighted by Crippen LogP contribution is -2.35. The quantitative estimate of drug-likeness (QED) is 0.734. The summed E-state index contributed by atoms with van der Waals surface area (Å²) in [5.74, 6) is -0.259. The summed E-state index contributed by atoms with van der Waals surface area (Å²) in [6.07, 6.45) is 1.53. The number of anilines is 2. The number of aromatic nitrogens is 2. The zero-order chi connectivity index (χ0) is 15.4. The van der Waals surface area contributed by atoms with Gasteiger partial charge in [0.2, 0.25) is 0 Å². The van der Waals surface area contributed by atoms with E-state index in [2.05, 4.69) is 20.4 Å². The number of rotatable bonds is 4. The van der Waals surface area contributed by atoms with Crippen LogP contribution in [0.5, 0.6) is 0 Å².